The second-order valence-electron chi connectivity index (χ2n) is 5.85. The van der Waals surface area contributed by atoms with Gasteiger partial charge in [-0.05, 0) is 11.8 Å². The number of fused-ring (bicyclic) bond motifs is 10. The first-order chi connectivity index (χ1) is 12.8. The van der Waals surface area contributed by atoms with Crippen molar-refractivity contribution in [2.75, 3.05) is 0 Å². The maximum Gasteiger partial charge on any atom is 0.208 e. The maximum atomic E-state index is 5.96. The van der Waals surface area contributed by atoms with Crippen molar-refractivity contribution in [3.05, 3.63) is 91.0 Å². The van der Waals surface area contributed by atoms with Crippen molar-refractivity contribution in [2.45, 2.75) is 0 Å². The summed E-state index contributed by atoms with van der Waals surface area (Å²) in [7, 11) is 0. The van der Waals surface area contributed by atoms with Crippen molar-refractivity contribution in [1.29, 1.82) is 0 Å². The summed E-state index contributed by atoms with van der Waals surface area (Å²) in [6.45, 7) is 0. The van der Waals surface area contributed by atoms with Gasteiger partial charge in [0.15, 0.2) is 0 Å². The summed E-state index contributed by atoms with van der Waals surface area (Å²) in [6.07, 6.45) is 0. The van der Waals surface area contributed by atoms with Gasteiger partial charge in [0.1, 0.15) is 0 Å². The number of hydrogen-bond donors (Lipinski definition) is 0. The largest absolute Gasteiger partial charge is 0.497 e. The van der Waals surface area contributed by atoms with Crippen molar-refractivity contribution in [2.24, 2.45) is 0 Å². The van der Waals surface area contributed by atoms with Crippen LogP contribution in [-0.4, -0.2) is 4.98 Å². The molecule has 0 spiro atoms. The number of nitrogens with zero attached hydrogens (tertiary/aromatic N) is 1. The number of pyridine rings is 1. The average molecular weight is 529 g/mol. The van der Waals surface area contributed by atoms with Crippen LogP contribution in [0, 0.1) is 18.2 Å². The maximum absolute atomic E-state index is 5.96. The molecule has 4 heteroatoms. The Kier molecular flexibility index (Phi) is 4.78. The van der Waals surface area contributed by atoms with Crippen LogP contribution in [0.2, 0.25) is 0 Å². The fraction of sp³-hybridized carbons (Fsp3) is 0. The molecule has 0 aliphatic carbocycles. The Labute approximate surface area is 171 Å². The number of hydrogen-bond acceptors (Lipinski definition) is 3. The van der Waals surface area contributed by atoms with E-state index >= 15 is 0 Å². The van der Waals surface area contributed by atoms with Crippen molar-refractivity contribution < 1.29 is 30.5 Å². The van der Waals surface area contributed by atoms with Crippen LogP contribution in [0.25, 0.3) is 22.4 Å². The second kappa shape index (κ2) is 7.38. The molecule has 0 radical (unpaired) electrons. The minimum atomic E-state index is 0. The van der Waals surface area contributed by atoms with E-state index in [1.54, 1.807) is 0 Å². The van der Waals surface area contributed by atoms with Crippen LogP contribution < -0.4 is 9.47 Å². The smallest absolute Gasteiger partial charge is 0.208 e. The Morgan fingerprint density at radius 2 is 1.07 bits per heavy atom. The van der Waals surface area contributed by atoms with E-state index in [9.17, 15) is 0 Å². The predicted octanol–water partition coefficient (Wildman–Crippen LogP) is 5.71. The molecule has 0 saturated carbocycles. The number of benzene rings is 3. The molecule has 8 bridgehead atoms. The minimum Gasteiger partial charge on any atom is -0.497 e. The summed E-state index contributed by atoms with van der Waals surface area (Å²) < 4.78 is 11.9. The topological polar surface area (TPSA) is 31.4 Å². The summed E-state index contributed by atoms with van der Waals surface area (Å²) in [6, 6.07) is 32.7. The van der Waals surface area contributed by atoms with E-state index in [4.69, 9.17) is 9.47 Å². The third-order valence-corrected chi connectivity index (χ3v) is 4.03. The van der Waals surface area contributed by atoms with Crippen molar-refractivity contribution in [3.8, 4) is 45.5 Å². The van der Waals surface area contributed by atoms with Crippen molar-refractivity contribution in [3.63, 3.8) is 0 Å². The van der Waals surface area contributed by atoms with E-state index in [1.807, 2.05) is 72.8 Å². The molecular weight excluding hydrogens is 517 g/mol. The summed E-state index contributed by atoms with van der Waals surface area (Å²) in [5.41, 5.74) is 3.35. The Morgan fingerprint density at radius 1 is 0.556 bits per heavy atom. The summed E-state index contributed by atoms with van der Waals surface area (Å²) >= 11 is 0. The van der Waals surface area contributed by atoms with Crippen LogP contribution in [0.1, 0.15) is 0 Å². The van der Waals surface area contributed by atoms with Gasteiger partial charge >= 0.3 is 0 Å². The molecule has 0 N–H and O–H groups in total. The van der Waals surface area contributed by atoms with E-state index in [0.29, 0.717) is 23.1 Å². The van der Waals surface area contributed by atoms with Crippen LogP contribution in [0.15, 0.2) is 72.8 Å². The zero-order chi connectivity index (χ0) is 17.3. The Morgan fingerprint density at radius 3 is 1.74 bits per heavy atom. The molecule has 2 heterocycles. The third-order valence-electron chi connectivity index (χ3n) is 4.03. The predicted molar refractivity (Wildman–Crippen MR) is 98.2 cm³/mol. The fourth-order valence-corrected chi connectivity index (χ4v) is 2.84. The third kappa shape index (κ3) is 3.65. The number of ether oxygens (including phenoxy) is 2. The van der Waals surface area contributed by atoms with Gasteiger partial charge in [-0.2, -0.15) is 24.3 Å². The van der Waals surface area contributed by atoms with Gasteiger partial charge in [0.25, 0.3) is 0 Å². The van der Waals surface area contributed by atoms with Crippen LogP contribution in [0.5, 0.6) is 23.1 Å². The van der Waals surface area contributed by atoms with Gasteiger partial charge in [-0.15, -0.1) is 48.0 Å². The second-order valence-corrected chi connectivity index (χ2v) is 5.85. The average Bonchev–Trinajstić information content (AvgIpc) is 2.68. The molecule has 4 aromatic rings. The van der Waals surface area contributed by atoms with Gasteiger partial charge < -0.3 is 9.47 Å². The molecule has 5 rings (SSSR count). The zero-order valence-electron chi connectivity index (χ0n) is 14.0. The molecule has 0 saturated heterocycles. The van der Waals surface area contributed by atoms with Crippen LogP contribution >= 0.6 is 0 Å². The normalized spacial score (nSPS) is 11.3. The molecule has 1 aliphatic heterocycles. The summed E-state index contributed by atoms with van der Waals surface area (Å²) in [5, 5.41) is 0. The summed E-state index contributed by atoms with van der Waals surface area (Å²) in [4.78, 5) is 4.58. The Bertz CT molecular complexity index is 935. The Balaban J connectivity index is 0.00000180. The Hall–Kier alpha value is -2.90. The number of rotatable bonds is 0. The van der Waals surface area contributed by atoms with E-state index in [1.165, 1.54) is 0 Å². The van der Waals surface area contributed by atoms with E-state index in [2.05, 4.69) is 23.2 Å². The summed E-state index contributed by atoms with van der Waals surface area (Å²) in [5.74, 6) is 2.33. The first-order valence-corrected chi connectivity index (χ1v) is 8.24. The van der Waals surface area contributed by atoms with E-state index in [-0.39, 0.29) is 21.1 Å². The fourth-order valence-electron chi connectivity index (χ4n) is 2.84. The van der Waals surface area contributed by atoms with Gasteiger partial charge in [-0.25, -0.2) is 11.1 Å². The molecule has 0 amide bonds. The van der Waals surface area contributed by atoms with Crippen LogP contribution in [0.4, 0.5) is 0 Å². The first-order valence-electron chi connectivity index (χ1n) is 8.24. The molecule has 3 nitrogen and oxygen atoms in total. The molecule has 0 fully saturated rings. The minimum absolute atomic E-state index is 0. The molecule has 3 aromatic carbocycles. The molecule has 1 aliphatic rings. The van der Waals surface area contributed by atoms with E-state index < -0.39 is 0 Å². The van der Waals surface area contributed by atoms with Gasteiger partial charge in [-0.1, -0.05) is 18.2 Å². The number of aromatic nitrogens is 1. The van der Waals surface area contributed by atoms with Crippen LogP contribution in [0.3, 0.4) is 0 Å². The van der Waals surface area contributed by atoms with Crippen molar-refractivity contribution in [1.82, 2.24) is 4.98 Å². The van der Waals surface area contributed by atoms with E-state index in [0.717, 1.165) is 22.4 Å². The SMILES string of the molecule is [Pt].[c-]1c2cccc1-c1[c-]c(ccc1)Oc1cccc(n1)-c1[c-]c(ccc1)O2. The molecule has 1 aromatic heterocycles. The van der Waals surface area contributed by atoms with Crippen LogP contribution in [-0.2, 0) is 21.1 Å². The van der Waals surface area contributed by atoms with Gasteiger partial charge in [-0.3, -0.25) is 4.98 Å². The molecule has 27 heavy (non-hydrogen) atoms. The first kappa shape index (κ1) is 17.5. The molecule has 0 unspecified atom stereocenters. The molecule has 134 valence electrons. The quantitative estimate of drug-likeness (QED) is 0.241. The van der Waals surface area contributed by atoms with Gasteiger partial charge in [0.05, 0.1) is 0 Å². The zero-order valence-corrected chi connectivity index (χ0v) is 16.3. The standard InChI is InChI=1S/C23H12NO2.Pt/c1-5-16-13-19(8-1)25-20-9-3-7-18(15-20)22-11-4-12-23(24-22)26-21-10-2-6-17(16)14-21;/h1-12H;/q-3;. The van der Waals surface area contributed by atoms with Crippen molar-refractivity contribution >= 4 is 0 Å². The molecular formula is C23H12NO2Pt-3. The van der Waals surface area contributed by atoms with Gasteiger partial charge in [0, 0.05) is 38.3 Å². The van der Waals surface area contributed by atoms with Gasteiger partial charge in [0.2, 0.25) is 5.88 Å². The monoisotopic (exact) mass is 529 g/mol. The molecule has 0 atom stereocenters.